The highest BCUT2D eigenvalue weighted by Gasteiger charge is 2.11. The zero-order valence-electron chi connectivity index (χ0n) is 22.1. The number of carbonyl (C=O) groups excluding carboxylic acids is 1. The third-order valence-corrected chi connectivity index (χ3v) is 6.15. The molecule has 1 unspecified atom stereocenters. The van der Waals surface area contributed by atoms with Crippen LogP contribution in [0.25, 0.3) is 0 Å². The summed E-state index contributed by atoms with van der Waals surface area (Å²) in [6, 6.07) is 0. The summed E-state index contributed by atoms with van der Waals surface area (Å²) in [6.45, 7) is 6.84. The molecule has 0 fully saturated rings. The quantitative estimate of drug-likeness (QED) is 0.137. The van der Waals surface area contributed by atoms with Crippen LogP contribution in [-0.2, 0) is 4.74 Å². The summed E-state index contributed by atoms with van der Waals surface area (Å²) in [6.07, 6.45) is 23.4. The van der Waals surface area contributed by atoms with E-state index < -0.39 is 0 Å². The maximum atomic E-state index is 11.8. The fraction of sp³-hybridized carbons (Fsp3) is 0.963. The van der Waals surface area contributed by atoms with E-state index in [1.807, 2.05) is 0 Å². The number of halogens is 1. The van der Waals surface area contributed by atoms with Gasteiger partial charge in [0.2, 0.25) is 0 Å². The lowest BCUT2D eigenvalue weighted by Gasteiger charge is -2.21. The Balaban J connectivity index is 0. The van der Waals surface area contributed by atoms with E-state index in [4.69, 9.17) is 4.74 Å². The summed E-state index contributed by atoms with van der Waals surface area (Å²) in [7, 11) is 4.28. The molecule has 1 N–H and O–H groups in total. The molecule has 0 aromatic carbocycles. The van der Waals surface area contributed by atoms with E-state index in [1.165, 1.54) is 103 Å². The Labute approximate surface area is 211 Å². The molecule has 194 valence electrons. The van der Waals surface area contributed by atoms with Crippen molar-refractivity contribution in [1.29, 1.82) is 0 Å². The topological polar surface area (TPSA) is 41.6 Å². The third-order valence-electron chi connectivity index (χ3n) is 6.15. The average Bonchev–Trinajstić information content (AvgIpc) is 2.73. The Kier molecular flexibility index (Phi) is 28.5. The number of carbonyl (C=O) groups is 1. The third kappa shape index (κ3) is 26.0. The molecule has 0 radical (unpaired) electrons. The van der Waals surface area contributed by atoms with Crippen molar-refractivity contribution >= 4 is 23.1 Å². The van der Waals surface area contributed by atoms with Crippen molar-refractivity contribution in [3.63, 3.8) is 0 Å². The van der Waals surface area contributed by atoms with Gasteiger partial charge in [-0.25, -0.2) is 4.79 Å². The minimum absolute atomic E-state index is 0. The van der Waals surface area contributed by atoms with Gasteiger partial charge in [-0.05, 0) is 39.3 Å². The minimum Gasteiger partial charge on any atom is -0.450 e. The van der Waals surface area contributed by atoms with Crippen molar-refractivity contribution in [2.45, 2.75) is 129 Å². The molecule has 32 heavy (non-hydrogen) atoms. The predicted molar refractivity (Wildman–Crippen MR) is 146 cm³/mol. The Morgan fingerprint density at radius 2 is 1.19 bits per heavy atom. The van der Waals surface area contributed by atoms with Gasteiger partial charge in [-0.15, -0.1) is 17.0 Å². The summed E-state index contributed by atoms with van der Waals surface area (Å²) in [4.78, 5) is 14.1. The van der Waals surface area contributed by atoms with Gasteiger partial charge in [0, 0.05) is 13.1 Å². The zero-order chi connectivity index (χ0) is 23.0. The second-order valence-electron chi connectivity index (χ2n) is 9.72. The van der Waals surface area contributed by atoms with E-state index in [1.54, 1.807) is 0 Å². The van der Waals surface area contributed by atoms with Crippen LogP contribution in [0, 0.1) is 5.92 Å². The number of hydrogen-bond acceptors (Lipinski definition) is 3. The summed E-state index contributed by atoms with van der Waals surface area (Å²) in [5.74, 6) is 0.621. The number of amides is 1. The van der Waals surface area contributed by atoms with Crippen LogP contribution < -0.4 is 5.32 Å². The Hall–Kier alpha value is -0.290. The second-order valence-corrected chi connectivity index (χ2v) is 9.72. The van der Waals surface area contributed by atoms with E-state index in [9.17, 15) is 4.79 Å². The lowest BCUT2D eigenvalue weighted by atomic mass is 9.96. The number of unbranched alkanes of at least 4 members (excludes halogenated alkanes) is 14. The van der Waals surface area contributed by atoms with Crippen molar-refractivity contribution < 1.29 is 9.53 Å². The van der Waals surface area contributed by atoms with Crippen molar-refractivity contribution in [1.82, 2.24) is 10.2 Å². The number of nitrogens with one attached hydrogen (secondary N) is 1. The molecular weight excluding hydrogens is 464 g/mol. The summed E-state index contributed by atoms with van der Waals surface area (Å²) >= 11 is 0. The van der Waals surface area contributed by atoms with Gasteiger partial charge in [0.15, 0.2) is 0 Å². The summed E-state index contributed by atoms with van der Waals surface area (Å²) in [5.41, 5.74) is 0. The molecule has 0 aliphatic rings. The fourth-order valence-electron chi connectivity index (χ4n) is 4.23. The minimum atomic E-state index is -0.245. The average molecular weight is 522 g/mol. The van der Waals surface area contributed by atoms with Crippen LogP contribution >= 0.6 is 17.0 Å². The summed E-state index contributed by atoms with van der Waals surface area (Å²) in [5, 5.41) is 2.88. The van der Waals surface area contributed by atoms with E-state index in [-0.39, 0.29) is 23.1 Å². The molecule has 5 heteroatoms. The molecule has 0 heterocycles. The van der Waals surface area contributed by atoms with Crippen LogP contribution in [-0.4, -0.2) is 44.8 Å². The first-order valence-electron chi connectivity index (χ1n) is 13.7. The van der Waals surface area contributed by atoms with Gasteiger partial charge in [-0.3, -0.25) is 0 Å². The van der Waals surface area contributed by atoms with Gasteiger partial charge < -0.3 is 15.0 Å². The smallest absolute Gasteiger partial charge is 0.407 e. The molecular formula is C27H57BrN2O2. The van der Waals surface area contributed by atoms with Gasteiger partial charge >= 0.3 is 6.09 Å². The largest absolute Gasteiger partial charge is 0.450 e. The second kappa shape index (κ2) is 27.0. The van der Waals surface area contributed by atoms with Crippen LogP contribution in [0.3, 0.4) is 0 Å². The van der Waals surface area contributed by atoms with E-state index in [0.29, 0.717) is 12.5 Å². The number of ether oxygens (including phenoxy) is 1. The molecule has 0 aliphatic carbocycles. The molecule has 0 aliphatic heterocycles. The number of alkyl carbamates (subject to hydrolysis) is 1. The Morgan fingerprint density at radius 3 is 1.69 bits per heavy atom. The first-order chi connectivity index (χ1) is 15.1. The van der Waals surface area contributed by atoms with E-state index in [2.05, 4.69) is 38.2 Å². The molecule has 0 aromatic rings. The predicted octanol–water partition coefficient (Wildman–Crippen LogP) is 8.53. The Bertz CT molecular complexity index is 381. The van der Waals surface area contributed by atoms with Crippen LogP contribution in [0.1, 0.15) is 129 Å². The van der Waals surface area contributed by atoms with E-state index >= 15 is 0 Å². The molecule has 0 aromatic heterocycles. The number of nitrogens with zero attached hydrogens (tertiary/aromatic N) is 1. The van der Waals surface area contributed by atoms with Crippen molar-refractivity contribution in [3.05, 3.63) is 0 Å². The normalized spacial score (nSPS) is 11.9. The molecule has 0 bridgehead atoms. The van der Waals surface area contributed by atoms with Gasteiger partial charge in [-0.1, -0.05) is 110 Å². The molecule has 0 rings (SSSR count). The monoisotopic (exact) mass is 520 g/mol. The maximum Gasteiger partial charge on any atom is 0.407 e. The van der Waals surface area contributed by atoms with Crippen molar-refractivity contribution in [3.8, 4) is 0 Å². The van der Waals surface area contributed by atoms with Gasteiger partial charge in [-0.2, -0.15) is 0 Å². The van der Waals surface area contributed by atoms with Crippen LogP contribution in [0.15, 0.2) is 0 Å². The lowest BCUT2D eigenvalue weighted by molar-refractivity contribution is 0.133. The highest BCUT2D eigenvalue weighted by molar-refractivity contribution is 8.93. The van der Waals surface area contributed by atoms with Gasteiger partial charge in [0.25, 0.3) is 0 Å². The summed E-state index contributed by atoms with van der Waals surface area (Å²) < 4.78 is 5.41. The molecule has 0 spiro atoms. The van der Waals surface area contributed by atoms with E-state index in [0.717, 1.165) is 25.9 Å². The first kappa shape index (κ1) is 33.9. The van der Waals surface area contributed by atoms with Crippen LogP contribution in [0.2, 0.25) is 0 Å². The Morgan fingerprint density at radius 1 is 0.719 bits per heavy atom. The van der Waals surface area contributed by atoms with Crippen LogP contribution in [0.5, 0.6) is 0 Å². The number of hydrogen-bond donors (Lipinski definition) is 1. The fourth-order valence-corrected chi connectivity index (χ4v) is 4.23. The lowest BCUT2D eigenvalue weighted by Crippen LogP contribution is -2.27. The highest BCUT2D eigenvalue weighted by Crippen LogP contribution is 2.17. The van der Waals surface area contributed by atoms with Crippen molar-refractivity contribution in [2.24, 2.45) is 5.92 Å². The highest BCUT2D eigenvalue weighted by atomic mass is 79.9. The zero-order valence-corrected chi connectivity index (χ0v) is 23.8. The molecule has 1 atom stereocenters. The molecule has 4 nitrogen and oxygen atoms in total. The van der Waals surface area contributed by atoms with Crippen LogP contribution in [0.4, 0.5) is 4.79 Å². The van der Waals surface area contributed by atoms with Crippen molar-refractivity contribution in [2.75, 3.05) is 33.8 Å². The SMILES string of the molecule is Br.CCCCCCCCCCCCCCC(CCOC(=O)NCCCCCC)CN(C)C. The molecule has 0 saturated carbocycles. The van der Waals surface area contributed by atoms with Gasteiger partial charge in [0.05, 0.1) is 6.61 Å². The maximum absolute atomic E-state index is 11.8. The first-order valence-corrected chi connectivity index (χ1v) is 13.7. The van der Waals surface area contributed by atoms with Gasteiger partial charge in [0.1, 0.15) is 0 Å². The number of rotatable bonds is 23. The molecule has 1 amide bonds. The molecule has 0 saturated heterocycles. The standard InChI is InChI=1S/C27H56N2O2.BrH/c1-5-7-9-11-12-13-14-15-16-17-18-19-21-26(25-29(3)4)22-24-31-27(30)28-23-20-10-8-6-2;/h26H,5-25H2,1-4H3,(H,28,30);1H.